The largest absolute Gasteiger partial charge is 0.381 e. The molecule has 3 aliphatic rings. The number of benzene rings is 2. The molecule has 1 saturated heterocycles. The second-order valence-electron chi connectivity index (χ2n) is 11.0. The standard InChI is InChI=1S/C27H29N5O5/c1-14(2)27(37)23-28-17-11-7-5-9-15(17)21(34)31(23)19(20(33)29-27)13-26(36)16-10-6-8-12-18(16)32-22(26)30-25(3,4)24(32)35/h5-12,14,19,22,30,36-37H,13H2,1-4H3,(H,29,33). The Kier molecular flexibility index (Phi) is 4.80. The number of aliphatic hydroxyl groups is 2. The Morgan fingerprint density at radius 1 is 1.03 bits per heavy atom. The molecule has 3 aliphatic heterocycles. The fourth-order valence-corrected chi connectivity index (χ4v) is 5.92. The smallest absolute Gasteiger partial charge is 0.262 e. The molecule has 0 saturated carbocycles. The number of carbonyl (C=O) groups is 2. The summed E-state index contributed by atoms with van der Waals surface area (Å²) in [4.78, 5) is 46.8. The van der Waals surface area contributed by atoms with Crippen LogP contribution in [0, 0.1) is 5.92 Å². The van der Waals surface area contributed by atoms with Gasteiger partial charge in [0.1, 0.15) is 17.8 Å². The van der Waals surface area contributed by atoms with Crippen molar-refractivity contribution >= 4 is 28.4 Å². The lowest BCUT2D eigenvalue weighted by Gasteiger charge is -2.43. The zero-order valence-corrected chi connectivity index (χ0v) is 21.0. The van der Waals surface area contributed by atoms with E-state index < -0.39 is 46.5 Å². The van der Waals surface area contributed by atoms with E-state index in [1.165, 1.54) is 9.47 Å². The molecule has 4 unspecified atom stereocenters. The van der Waals surface area contributed by atoms with E-state index in [2.05, 4.69) is 15.6 Å². The molecule has 2 aromatic carbocycles. The predicted octanol–water partition coefficient (Wildman–Crippen LogP) is 1.20. The van der Waals surface area contributed by atoms with Gasteiger partial charge in [0, 0.05) is 17.9 Å². The van der Waals surface area contributed by atoms with Gasteiger partial charge in [-0.1, -0.05) is 44.2 Å². The fourth-order valence-electron chi connectivity index (χ4n) is 5.92. The van der Waals surface area contributed by atoms with Crippen molar-refractivity contribution in [3.05, 3.63) is 70.3 Å². The number of hydrogen-bond donors (Lipinski definition) is 4. The molecule has 6 rings (SSSR count). The van der Waals surface area contributed by atoms with E-state index in [0.29, 0.717) is 22.2 Å². The van der Waals surface area contributed by atoms with Crippen molar-refractivity contribution in [2.45, 2.75) is 63.2 Å². The van der Waals surface area contributed by atoms with Crippen molar-refractivity contribution in [3.63, 3.8) is 0 Å². The van der Waals surface area contributed by atoms with Crippen molar-refractivity contribution < 1.29 is 19.8 Å². The molecule has 0 bridgehead atoms. The average molecular weight is 504 g/mol. The van der Waals surface area contributed by atoms with Crippen LogP contribution in [0.4, 0.5) is 5.69 Å². The van der Waals surface area contributed by atoms with Crippen LogP contribution in [-0.2, 0) is 20.9 Å². The minimum Gasteiger partial charge on any atom is -0.381 e. The molecular weight excluding hydrogens is 474 g/mol. The Morgan fingerprint density at radius 2 is 1.70 bits per heavy atom. The molecule has 3 aromatic rings. The lowest BCUT2D eigenvalue weighted by Crippen LogP contribution is -2.62. The number of rotatable bonds is 3. The van der Waals surface area contributed by atoms with E-state index in [9.17, 15) is 24.6 Å². The molecule has 0 radical (unpaired) electrons. The van der Waals surface area contributed by atoms with Crippen LogP contribution in [0.5, 0.6) is 0 Å². The summed E-state index contributed by atoms with van der Waals surface area (Å²) in [5.74, 6) is -1.31. The van der Waals surface area contributed by atoms with Gasteiger partial charge in [-0.15, -0.1) is 0 Å². The maximum Gasteiger partial charge on any atom is 0.262 e. The van der Waals surface area contributed by atoms with Gasteiger partial charge in [0.15, 0.2) is 11.5 Å². The summed E-state index contributed by atoms with van der Waals surface area (Å²) in [6.07, 6.45) is -1.08. The number of anilines is 1. The summed E-state index contributed by atoms with van der Waals surface area (Å²) >= 11 is 0. The van der Waals surface area contributed by atoms with Crippen molar-refractivity contribution in [1.82, 2.24) is 20.2 Å². The Hall–Kier alpha value is -3.60. The van der Waals surface area contributed by atoms with Gasteiger partial charge in [0.25, 0.3) is 5.56 Å². The van der Waals surface area contributed by atoms with E-state index in [4.69, 9.17) is 0 Å². The van der Waals surface area contributed by atoms with Gasteiger partial charge < -0.3 is 15.5 Å². The van der Waals surface area contributed by atoms with Crippen LogP contribution in [0.2, 0.25) is 0 Å². The lowest BCUT2D eigenvalue weighted by atomic mass is 9.84. The van der Waals surface area contributed by atoms with E-state index in [0.717, 1.165) is 0 Å². The van der Waals surface area contributed by atoms with Crippen molar-refractivity contribution in [2.75, 3.05) is 4.90 Å². The van der Waals surface area contributed by atoms with Crippen LogP contribution in [0.15, 0.2) is 53.3 Å². The van der Waals surface area contributed by atoms with E-state index in [1.807, 2.05) is 0 Å². The molecule has 2 amide bonds. The number of aromatic nitrogens is 2. The maximum absolute atomic E-state index is 13.8. The first-order chi connectivity index (χ1) is 17.4. The Labute approximate surface area is 212 Å². The number of amides is 2. The first-order valence-electron chi connectivity index (χ1n) is 12.4. The third-order valence-corrected chi connectivity index (χ3v) is 8.01. The molecule has 4 atom stereocenters. The van der Waals surface area contributed by atoms with Gasteiger partial charge in [-0.05, 0) is 32.0 Å². The molecule has 1 aromatic heterocycles. The Morgan fingerprint density at radius 3 is 2.43 bits per heavy atom. The zero-order valence-electron chi connectivity index (χ0n) is 21.0. The number of hydrogen-bond acceptors (Lipinski definition) is 7. The third-order valence-electron chi connectivity index (χ3n) is 8.01. The molecule has 192 valence electrons. The normalized spacial score (nSPS) is 29.9. The fraction of sp³-hybridized carbons (Fsp3) is 0.407. The third kappa shape index (κ3) is 3.03. The highest BCUT2D eigenvalue weighted by Gasteiger charge is 2.62. The Bertz CT molecular complexity index is 1550. The van der Waals surface area contributed by atoms with Crippen molar-refractivity contribution in [3.8, 4) is 0 Å². The van der Waals surface area contributed by atoms with Gasteiger partial charge in [0.05, 0.1) is 22.1 Å². The first kappa shape index (κ1) is 23.8. The topological polar surface area (TPSA) is 137 Å². The SMILES string of the molecule is CC(C)C1(O)NC(=O)C(CC2(O)c3ccccc3N3C(=O)C(C)(C)NC32)n2c1nc1ccccc1c2=O. The van der Waals surface area contributed by atoms with Gasteiger partial charge in [-0.2, -0.15) is 0 Å². The number of para-hydroxylation sites is 2. The second kappa shape index (κ2) is 7.47. The van der Waals surface area contributed by atoms with Gasteiger partial charge in [-0.25, -0.2) is 4.98 Å². The molecule has 1 fully saturated rings. The van der Waals surface area contributed by atoms with E-state index in [-0.39, 0.29) is 18.2 Å². The summed E-state index contributed by atoms with van der Waals surface area (Å²) in [6, 6.07) is 12.6. The highest BCUT2D eigenvalue weighted by atomic mass is 16.3. The molecule has 4 heterocycles. The van der Waals surface area contributed by atoms with Crippen LogP contribution in [0.25, 0.3) is 10.9 Å². The summed E-state index contributed by atoms with van der Waals surface area (Å²) < 4.78 is 1.21. The van der Waals surface area contributed by atoms with Crippen LogP contribution < -0.4 is 21.1 Å². The van der Waals surface area contributed by atoms with Crippen molar-refractivity contribution in [1.29, 1.82) is 0 Å². The highest BCUT2D eigenvalue weighted by molar-refractivity contribution is 6.05. The molecule has 0 aliphatic carbocycles. The van der Waals surface area contributed by atoms with Crippen LogP contribution >= 0.6 is 0 Å². The number of carbonyl (C=O) groups excluding carboxylic acids is 2. The average Bonchev–Trinajstić information content (AvgIpc) is 3.24. The lowest BCUT2D eigenvalue weighted by molar-refractivity contribution is -0.147. The van der Waals surface area contributed by atoms with Gasteiger partial charge in [0.2, 0.25) is 11.8 Å². The molecular formula is C27H29N5O5. The molecule has 4 N–H and O–H groups in total. The minimum atomic E-state index is -1.89. The molecule has 10 heteroatoms. The van der Waals surface area contributed by atoms with Gasteiger partial charge in [-0.3, -0.25) is 29.2 Å². The quantitative estimate of drug-likeness (QED) is 0.422. The van der Waals surface area contributed by atoms with E-state index in [1.54, 1.807) is 76.2 Å². The van der Waals surface area contributed by atoms with Crippen molar-refractivity contribution in [2.24, 2.45) is 5.92 Å². The van der Waals surface area contributed by atoms with Crippen LogP contribution in [-0.4, -0.2) is 43.3 Å². The minimum absolute atomic E-state index is 0.0123. The highest BCUT2D eigenvalue weighted by Crippen LogP contribution is 2.51. The maximum atomic E-state index is 13.8. The molecule has 0 spiro atoms. The zero-order chi connectivity index (χ0) is 26.5. The number of nitrogens with one attached hydrogen (secondary N) is 2. The van der Waals surface area contributed by atoms with Gasteiger partial charge >= 0.3 is 0 Å². The first-order valence-corrected chi connectivity index (χ1v) is 12.4. The summed E-state index contributed by atoms with van der Waals surface area (Å²) in [5.41, 5.74) is -3.59. The van der Waals surface area contributed by atoms with E-state index >= 15 is 0 Å². The van der Waals surface area contributed by atoms with Crippen LogP contribution in [0.1, 0.15) is 51.5 Å². The summed E-state index contributed by atoms with van der Waals surface area (Å²) in [6.45, 7) is 6.92. The monoisotopic (exact) mass is 503 g/mol. The Balaban J connectivity index is 1.56. The predicted molar refractivity (Wildman–Crippen MR) is 135 cm³/mol. The summed E-state index contributed by atoms with van der Waals surface area (Å²) in [5, 5.41) is 30.0. The van der Waals surface area contributed by atoms with Crippen LogP contribution in [0.3, 0.4) is 0 Å². The second-order valence-corrected chi connectivity index (χ2v) is 11.0. The summed E-state index contributed by atoms with van der Waals surface area (Å²) in [7, 11) is 0. The number of nitrogens with zero attached hydrogens (tertiary/aromatic N) is 3. The number of fused-ring (bicyclic) bond motifs is 5. The molecule has 37 heavy (non-hydrogen) atoms. The molecule has 10 nitrogen and oxygen atoms in total.